The van der Waals surface area contributed by atoms with Gasteiger partial charge in [-0.2, -0.15) is 0 Å². The third kappa shape index (κ3) is 4.45. The van der Waals surface area contributed by atoms with Gasteiger partial charge < -0.3 is 10.1 Å². The van der Waals surface area contributed by atoms with E-state index in [9.17, 15) is 4.39 Å². The molecule has 0 radical (unpaired) electrons. The average Bonchev–Trinajstić information content (AvgIpc) is 2.39. The molecular formula is C16H16Br2FNO. The summed E-state index contributed by atoms with van der Waals surface area (Å²) in [4.78, 5) is 0. The number of nitrogens with one attached hydrogen (secondary N) is 1. The van der Waals surface area contributed by atoms with E-state index >= 15 is 0 Å². The van der Waals surface area contributed by atoms with E-state index in [1.807, 2.05) is 32.0 Å². The molecule has 0 aliphatic heterocycles. The second kappa shape index (κ2) is 7.27. The molecule has 5 heteroatoms. The highest BCUT2D eigenvalue weighted by Crippen LogP contribution is 2.35. The molecule has 1 N–H and O–H groups in total. The van der Waals surface area contributed by atoms with Crippen molar-refractivity contribution in [1.29, 1.82) is 0 Å². The lowest BCUT2D eigenvalue weighted by atomic mass is 10.2. The maximum Gasteiger partial charge on any atom is 0.147 e. The van der Waals surface area contributed by atoms with E-state index in [0.717, 1.165) is 31.5 Å². The highest BCUT2D eigenvalue weighted by Gasteiger charge is 2.08. The number of benzene rings is 2. The van der Waals surface area contributed by atoms with Crippen molar-refractivity contribution in [3.05, 3.63) is 56.2 Å². The van der Waals surface area contributed by atoms with Gasteiger partial charge in [0.1, 0.15) is 11.6 Å². The van der Waals surface area contributed by atoms with Gasteiger partial charge in [0.25, 0.3) is 0 Å². The fourth-order valence-corrected chi connectivity index (χ4v) is 3.55. The van der Waals surface area contributed by atoms with Gasteiger partial charge in [0.15, 0.2) is 0 Å². The van der Waals surface area contributed by atoms with Crippen LogP contribution < -0.4 is 10.1 Å². The van der Waals surface area contributed by atoms with Gasteiger partial charge >= 0.3 is 0 Å². The molecule has 2 nitrogen and oxygen atoms in total. The van der Waals surface area contributed by atoms with Crippen molar-refractivity contribution in [3.8, 4) is 5.75 Å². The largest absolute Gasteiger partial charge is 0.492 e. The number of halogens is 3. The molecule has 2 rings (SSSR count). The molecule has 0 saturated carbocycles. The molecule has 2 aromatic rings. The van der Waals surface area contributed by atoms with Crippen LogP contribution in [0.15, 0.2) is 39.3 Å². The van der Waals surface area contributed by atoms with E-state index in [2.05, 4.69) is 37.2 Å². The average molecular weight is 417 g/mol. The van der Waals surface area contributed by atoms with Crippen LogP contribution in [0.1, 0.15) is 18.1 Å². The van der Waals surface area contributed by atoms with Crippen LogP contribution in [-0.4, -0.2) is 6.61 Å². The lowest BCUT2D eigenvalue weighted by Crippen LogP contribution is -2.01. The van der Waals surface area contributed by atoms with Crippen LogP contribution >= 0.6 is 31.9 Å². The first kappa shape index (κ1) is 16.3. The molecule has 21 heavy (non-hydrogen) atoms. The minimum absolute atomic E-state index is 0.230. The van der Waals surface area contributed by atoms with Gasteiger partial charge in [-0.25, -0.2) is 4.39 Å². The van der Waals surface area contributed by atoms with E-state index in [4.69, 9.17) is 4.74 Å². The zero-order valence-corrected chi connectivity index (χ0v) is 15.0. The van der Waals surface area contributed by atoms with Gasteiger partial charge in [-0.1, -0.05) is 0 Å². The van der Waals surface area contributed by atoms with E-state index in [0.29, 0.717) is 13.2 Å². The Morgan fingerprint density at radius 3 is 2.33 bits per heavy atom. The Morgan fingerprint density at radius 1 is 1.10 bits per heavy atom. The predicted molar refractivity (Wildman–Crippen MR) is 91.5 cm³/mol. The minimum Gasteiger partial charge on any atom is -0.492 e. The Kier molecular flexibility index (Phi) is 5.65. The molecule has 0 unspecified atom stereocenters. The van der Waals surface area contributed by atoms with Crippen LogP contribution in [0.5, 0.6) is 5.75 Å². The van der Waals surface area contributed by atoms with Crippen molar-refractivity contribution in [2.75, 3.05) is 11.9 Å². The summed E-state index contributed by atoms with van der Waals surface area (Å²) in [5, 5.41) is 3.23. The van der Waals surface area contributed by atoms with Crippen LogP contribution in [0, 0.1) is 12.7 Å². The van der Waals surface area contributed by atoms with Crippen LogP contribution in [0.4, 0.5) is 10.1 Å². The first-order valence-electron chi connectivity index (χ1n) is 6.61. The molecule has 0 saturated heterocycles. The van der Waals surface area contributed by atoms with Gasteiger partial charge in [0, 0.05) is 12.2 Å². The van der Waals surface area contributed by atoms with E-state index < -0.39 is 0 Å². The smallest absolute Gasteiger partial charge is 0.147 e. The molecule has 112 valence electrons. The number of anilines is 1. The van der Waals surface area contributed by atoms with Gasteiger partial charge in [-0.15, -0.1) is 0 Å². The first-order chi connectivity index (χ1) is 9.99. The molecule has 0 bridgehead atoms. The molecule has 0 aromatic heterocycles. The van der Waals surface area contributed by atoms with Crippen molar-refractivity contribution in [3.63, 3.8) is 0 Å². The van der Waals surface area contributed by atoms with Crippen molar-refractivity contribution in [1.82, 2.24) is 0 Å². The Labute approximate surface area is 141 Å². The summed E-state index contributed by atoms with van der Waals surface area (Å²) < 4.78 is 20.7. The maximum absolute atomic E-state index is 13.3. The zero-order chi connectivity index (χ0) is 15.4. The summed E-state index contributed by atoms with van der Waals surface area (Å²) in [5.74, 6) is 0.564. The fraction of sp³-hybridized carbons (Fsp3) is 0.250. The molecule has 0 heterocycles. The summed E-state index contributed by atoms with van der Waals surface area (Å²) in [5.41, 5.74) is 2.74. The lowest BCUT2D eigenvalue weighted by molar-refractivity contribution is 0.336. The summed E-state index contributed by atoms with van der Waals surface area (Å²) in [6, 6.07) is 8.91. The van der Waals surface area contributed by atoms with Crippen molar-refractivity contribution in [2.24, 2.45) is 0 Å². The fourth-order valence-electron chi connectivity index (χ4n) is 2.04. The third-order valence-corrected chi connectivity index (χ3v) is 4.06. The highest BCUT2D eigenvalue weighted by molar-refractivity contribution is 9.11. The normalized spacial score (nSPS) is 10.5. The van der Waals surface area contributed by atoms with Gasteiger partial charge in [-0.3, -0.25) is 0 Å². The third-order valence-electron chi connectivity index (χ3n) is 2.89. The molecule has 0 fully saturated rings. The van der Waals surface area contributed by atoms with Crippen LogP contribution in [0.25, 0.3) is 0 Å². The predicted octanol–water partition coefficient (Wildman–Crippen LogP) is 5.67. The Morgan fingerprint density at radius 2 is 1.76 bits per heavy atom. The molecule has 0 amide bonds. The van der Waals surface area contributed by atoms with Gasteiger partial charge in [0.2, 0.25) is 0 Å². The van der Waals surface area contributed by atoms with Crippen molar-refractivity contribution in [2.45, 2.75) is 20.4 Å². The quantitative estimate of drug-likeness (QED) is 0.677. The van der Waals surface area contributed by atoms with Crippen LogP contribution in [0.2, 0.25) is 0 Å². The molecule has 0 atom stereocenters. The topological polar surface area (TPSA) is 21.3 Å². The number of aryl methyl sites for hydroxylation is 1. The van der Waals surface area contributed by atoms with E-state index in [-0.39, 0.29) is 5.82 Å². The standard InChI is InChI=1S/C16H16Br2FNO/c1-3-21-16-14(17)6-11(7-15(16)18)9-20-13-5-10(2)4-12(19)8-13/h4-8,20H,3,9H2,1-2H3. The number of hydrogen-bond donors (Lipinski definition) is 1. The van der Waals surface area contributed by atoms with Crippen molar-refractivity contribution < 1.29 is 9.13 Å². The number of ether oxygens (including phenoxy) is 1. The maximum atomic E-state index is 13.3. The van der Waals surface area contributed by atoms with E-state index in [1.54, 1.807) is 0 Å². The summed E-state index contributed by atoms with van der Waals surface area (Å²) in [6.07, 6.45) is 0. The van der Waals surface area contributed by atoms with Gasteiger partial charge in [-0.05, 0) is 87.2 Å². The van der Waals surface area contributed by atoms with Gasteiger partial charge in [0.05, 0.1) is 15.6 Å². The van der Waals surface area contributed by atoms with E-state index in [1.165, 1.54) is 12.1 Å². The summed E-state index contributed by atoms with van der Waals surface area (Å²) in [7, 11) is 0. The number of rotatable bonds is 5. The second-order valence-electron chi connectivity index (χ2n) is 4.69. The zero-order valence-electron chi connectivity index (χ0n) is 11.8. The second-order valence-corrected chi connectivity index (χ2v) is 6.40. The lowest BCUT2D eigenvalue weighted by Gasteiger charge is -2.12. The Balaban J connectivity index is 2.13. The van der Waals surface area contributed by atoms with Crippen molar-refractivity contribution >= 4 is 37.5 Å². The number of hydrogen-bond acceptors (Lipinski definition) is 2. The first-order valence-corrected chi connectivity index (χ1v) is 8.20. The Bertz CT molecular complexity index is 603. The Hall–Kier alpha value is -1.07. The molecular weight excluding hydrogens is 401 g/mol. The minimum atomic E-state index is -0.230. The van der Waals surface area contributed by atoms with Crippen LogP contribution in [-0.2, 0) is 6.54 Å². The molecule has 0 aliphatic carbocycles. The monoisotopic (exact) mass is 415 g/mol. The summed E-state index contributed by atoms with van der Waals surface area (Å²) in [6.45, 7) is 5.03. The summed E-state index contributed by atoms with van der Waals surface area (Å²) >= 11 is 7.01. The molecule has 0 aliphatic rings. The van der Waals surface area contributed by atoms with Crippen LogP contribution in [0.3, 0.4) is 0 Å². The molecule has 2 aromatic carbocycles. The molecule has 0 spiro atoms. The highest BCUT2D eigenvalue weighted by atomic mass is 79.9. The SMILES string of the molecule is CCOc1c(Br)cc(CNc2cc(C)cc(F)c2)cc1Br.